The van der Waals surface area contributed by atoms with Crippen LogP contribution < -0.4 is 15.2 Å². The van der Waals surface area contributed by atoms with E-state index in [2.05, 4.69) is 0 Å². The van der Waals surface area contributed by atoms with Gasteiger partial charge in [0.2, 0.25) is 0 Å². The fraction of sp³-hybridized carbons (Fsp3) is 0.667. The molecule has 0 amide bonds. The van der Waals surface area contributed by atoms with Gasteiger partial charge in [-0.2, -0.15) is 0 Å². The Kier molecular flexibility index (Phi) is 13.6. The van der Waals surface area contributed by atoms with Gasteiger partial charge in [0.25, 0.3) is 0 Å². The maximum Gasteiger partial charge on any atom is 0.514 e. The van der Waals surface area contributed by atoms with Gasteiger partial charge >= 0.3 is 24.2 Å². The van der Waals surface area contributed by atoms with Crippen LogP contribution in [0.1, 0.15) is 93.1 Å². The van der Waals surface area contributed by atoms with Crippen molar-refractivity contribution >= 4 is 24.2 Å². The normalized spacial score (nSPS) is 13.8. The zero-order chi connectivity index (χ0) is 31.4. The number of benzene rings is 1. The Morgan fingerprint density at radius 2 is 1.41 bits per heavy atom. The number of esters is 2. The van der Waals surface area contributed by atoms with Crippen LogP contribution in [0.5, 0.6) is 11.5 Å². The lowest BCUT2D eigenvalue weighted by Crippen LogP contribution is -2.51. The summed E-state index contributed by atoms with van der Waals surface area (Å²) < 4.78 is 31.8. The van der Waals surface area contributed by atoms with Crippen molar-refractivity contribution in [3.05, 3.63) is 23.8 Å². The second-order valence-corrected chi connectivity index (χ2v) is 11.3. The summed E-state index contributed by atoms with van der Waals surface area (Å²) in [5.41, 5.74) is 3.76. The fourth-order valence-electron chi connectivity index (χ4n) is 3.50. The highest BCUT2D eigenvalue weighted by Crippen LogP contribution is 2.32. The van der Waals surface area contributed by atoms with Gasteiger partial charge in [-0.1, -0.05) is 40.2 Å². The molecule has 2 N–H and O–H groups in total. The van der Waals surface area contributed by atoms with Crippen LogP contribution in [-0.4, -0.2) is 54.7 Å². The van der Waals surface area contributed by atoms with Crippen molar-refractivity contribution in [1.29, 1.82) is 0 Å². The molecule has 1 rings (SSSR count). The Bertz CT molecular complexity index is 1050. The molecule has 0 aliphatic carbocycles. The quantitative estimate of drug-likeness (QED) is 0.150. The molecular formula is C30H47NO10. The SMILES string of the molecule is CCCC(C)C(=O)OCC[C@@](N)(Cc1ccc(OC(=O)OC(C)(C)CC)c(OC(=O)OC(C)(C)CC)c1)C(=O)OC. The van der Waals surface area contributed by atoms with Crippen LogP contribution in [0.4, 0.5) is 9.59 Å². The Balaban J connectivity index is 3.26. The molecule has 0 aliphatic rings. The van der Waals surface area contributed by atoms with Crippen molar-refractivity contribution in [3.63, 3.8) is 0 Å². The van der Waals surface area contributed by atoms with Crippen LogP contribution in [0.2, 0.25) is 0 Å². The van der Waals surface area contributed by atoms with Crippen LogP contribution in [0, 0.1) is 5.92 Å². The number of hydrogen-bond donors (Lipinski definition) is 1. The molecule has 0 heterocycles. The van der Waals surface area contributed by atoms with Gasteiger partial charge in [-0.15, -0.1) is 0 Å². The molecule has 41 heavy (non-hydrogen) atoms. The third kappa shape index (κ3) is 12.0. The van der Waals surface area contributed by atoms with E-state index < -0.39 is 35.0 Å². The van der Waals surface area contributed by atoms with Crippen molar-refractivity contribution < 1.29 is 47.6 Å². The van der Waals surface area contributed by atoms with Gasteiger partial charge in [0, 0.05) is 12.8 Å². The van der Waals surface area contributed by atoms with Crippen LogP contribution in [-0.2, 0) is 35.0 Å². The fourth-order valence-corrected chi connectivity index (χ4v) is 3.50. The van der Waals surface area contributed by atoms with Gasteiger partial charge in [0.05, 0.1) is 19.6 Å². The lowest BCUT2D eigenvalue weighted by Gasteiger charge is -2.27. The third-order valence-corrected chi connectivity index (χ3v) is 6.84. The van der Waals surface area contributed by atoms with Crippen molar-refractivity contribution in [1.82, 2.24) is 0 Å². The summed E-state index contributed by atoms with van der Waals surface area (Å²) in [5.74, 6) is -1.60. The molecule has 0 radical (unpaired) electrons. The Labute approximate surface area is 243 Å². The van der Waals surface area contributed by atoms with Crippen molar-refractivity contribution in [2.75, 3.05) is 13.7 Å². The van der Waals surface area contributed by atoms with Crippen LogP contribution in [0.25, 0.3) is 0 Å². The molecule has 0 bridgehead atoms. The molecule has 1 aromatic carbocycles. The molecule has 11 nitrogen and oxygen atoms in total. The topological polar surface area (TPSA) is 150 Å². The molecular weight excluding hydrogens is 534 g/mol. The number of rotatable bonds is 15. The number of ether oxygens (including phenoxy) is 6. The second kappa shape index (κ2) is 15.6. The first-order valence-corrected chi connectivity index (χ1v) is 14.0. The average Bonchev–Trinajstić information content (AvgIpc) is 2.89. The van der Waals surface area contributed by atoms with E-state index >= 15 is 0 Å². The highest BCUT2D eigenvalue weighted by Gasteiger charge is 2.36. The van der Waals surface area contributed by atoms with Crippen molar-refractivity contribution in [2.24, 2.45) is 11.7 Å². The van der Waals surface area contributed by atoms with Gasteiger partial charge in [0.1, 0.15) is 16.7 Å². The number of hydrogen-bond acceptors (Lipinski definition) is 11. The lowest BCUT2D eigenvalue weighted by atomic mass is 9.88. The minimum Gasteiger partial charge on any atom is -0.468 e. The van der Waals surface area contributed by atoms with E-state index in [0.29, 0.717) is 24.8 Å². The zero-order valence-electron chi connectivity index (χ0n) is 25.9. The first kappa shape index (κ1) is 35.7. The van der Waals surface area contributed by atoms with Crippen LogP contribution in [0.3, 0.4) is 0 Å². The van der Waals surface area contributed by atoms with Gasteiger partial charge < -0.3 is 34.2 Å². The monoisotopic (exact) mass is 581 g/mol. The molecule has 1 unspecified atom stereocenters. The predicted molar refractivity (Wildman–Crippen MR) is 152 cm³/mol. The maximum absolute atomic E-state index is 12.7. The largest absolute Gasteiger partial charge is 0.514 e. The summed E-state index contributed by atoms with van der Waals surface area (Å²) in [6.45, 7) is 14.3. The zero-order valence-corrected chi connectivity index (χ0v) is 25.9. The highest BCUT2D eigenvalue weighted by molar-refractivity contribution is 5.81. The molecule has 0 saturated carbocycles. The molecule has 0 saturated heterocycles. The summed E-state index contributed by atoms with van der Waals surface area (Å²) in [5, 5.41) is 0. The highest BCUT2D eigenvalue weighted by atomic mass is 16.8. The molecule has 1 aromatic rings. The van der Waals surface area contributed by atoms with Gasteiger partial charge in [0.15, 0.2) is 11.5 Å². The second-order valence-electron chi connectivity index (χ2n) is 11.3. The van der Waals surface area contributed by atoms with E-state index in [1.165, 1.54) is 19.2 Å². The summed E-state index contributed by atoms with van der Waals surface area (Å²) in [4.78, 5) is 50.0. The number of methoxy groups -OCH3 is 1. The first-order valence-electron chi connectivity index (χ1n) is 14.0. The average molecular weight is 582 g/mol. The molecule has 0 spiro atoms. The number of carbonyl (C=O) groups excluding carboxylic acids is 4. The van der Waals surface area contributed by atoms with E-state index in [-0.39, 0.29) is 42.8 Å². The molecule has 232 valence electrons. The number of carbonyl (C=O) groups is 4. The molecule has 2 atom stereocenters. The Morgan fingerprint density at radius 1 is 0.878 bits per heavy atom. The third-order valence-electron chi connectivity index (χ3n) is 6.84. The number of nitrogens with two attached hydrogens (primary N) is 1. The first-order chi connectivity index (χ1) is 19.0. The van der Waals surface area contributed by atoms with Crippen molar-refractivity contribution in [3.8, 4) is 11.5 Å². The lowest BCUT2D eigenvalue weighted by molar-refractivity contribution is -0.153. The van der Waals surface area contributed by atoms with Gasteiger partial charge in [-0.25, -0.2) is 9.59 Å². The summed E-state index contributed by atoms with van der Waals surface area (Å²) >= 11 is 0. The molecule has 0 fully saturated rings. The van der Waals surface area contributed by atoms with Gasteiger partial charge in [-0.3, -0.25) is 9.59 Å². The standard InChI is InChI=1S/C30H47NO10/c1-10-13-20(4)24(32)37-17-16-30(31,25(33)36-9)19-21-14-15-22(38-26(34)40-28(5,6)11-2)23(18-21)39-27(35)41-29(7,8)12-3/h14-15,18,20H,10-13,16-17,19,31H2,1-9H3/t20?,30-/m1/s1. The van der Waals surface area contributed by atoms with Gasteiger partial charge in [-0.05, 0) is 64.7 Å². The van der Waals surface area contributed by atoms with E-state index in [0.717, 1.165) is 6.42 Å². The summed E-state index contributed by atoms with van der Waals surface area (Å²) in [6.07, 6.45) is 0.496. The van der Waals surface area contributed by atoms with E-state index in [9.17, 15) is 19.2 Å². The Hall–Kier alpha value is -3.34. The van der Waals surface area contributed by atoms with E-state index in [1.54, 1.807) is 40.7 Å². The maximum atomic E-state index is 12.7. The van der Waals surface area contributed by atoms with E-state index in [1.807, 2.05) is 20.8 Å². The van der Waals surface area contributed by atoms with Crippen molar-refractivity contribution in [2.45, 2.75) is 111 Å². The van der Waals surface area contributed by atoms with E-state index in [4.69, 9.17) is 34.2 Å². The minimum absolute atomic E-state index is 0.0240. The summed E-state index contributed by atoms with van der Waals surface area (Å²) in [7, 11) is 1.21. The minimum atomic E-state index is -1.57. The molecule has 11 heteroatoms. The summed E-state index contributed by atoms with van der Waals surface area (Å²) in [6, 6.07) is 4.36. The van der Waals surface area contributed by atoms with Crippen LogP contribution >= 0.6 is 0 Å². The molecule has 0 aromatic heterocycles. The Morgan fingerprint density at radius 3 is 1.90 bits per heavy atom. The smallest absolute Gasteiger partial charge is 0.468 e. The molecule has 0 aliphatic heterocycles. The van der Waals surface area contributed by atoms with Crippen LogP contribution in [0.15, 0.2) is 18.2 Å². The predicted octanol–water partition coefficient (Wildman–Crippen LogP) is 5.88.